The lowest BCUT2D eigenvalue weighted by Crippen LogP contribution is -2.32. The van der Waals surface area contributed by atoms with Gasteiger partial charge in [0.2, 0.25) is 0 Å². The zero-order valence-corrected chi connectivity index (χ0v) is 18.7. The maximum atomic E-state index is 12.3. The van der Waals surface area contributed by atoms with Crippen molar-refractivity contribution in [2.24, 2.45) is 4.99 Å². The maximum Gasteiger partial charge on any atom is 0.408 e. The van der Waals surface area contributed by atoms with Crippen molar-refractivity contribution in [3.63, 3.8) is 0 Å². The minimum absolute atomic E-state index is 0.237. The third kappa shape index (κ3) is 5.83. The molecule has 1 N–H and O–H groups in total. The van der Waals surface area contributed by atoms with Gasteiger partial charge in [0.15, 0.2) is 0 Å². The number of hydrogen-bond acceptors (Lipinski definition) is 6. The SMILES string of the molecule is CC(C)(C)OC(=O)NCSC=NC(=O)n1cc2c(n1)CCOc1cc(Br)ccc1-2. The predicted octanol–water partition coefficient (Wildman–Crippen LogP) is 4.46. The van der Waals surface area contributed by atoms with Gasteiger partial charge in [-0.3, -0.25) is 0 Å². The lowest BCUT2D eigenvalue weighted by molar-refractivity contribution is 0.0538. The van der Waals surface area contributed by atoms with Crippen LogP contribution in [0, 0.1) is 0 Å². The maximum absolute atomic E-state index is 12.3. The van der Waals surface area contributed by atoms with Crippen LogP contribution in [0.1, 0.15) is 26.5 Å². The van der Waals surface area contributed by atoms with Gasteiger partial charge in [-0.15, -0.1) is 0 Å². The highest BCUT2D eigenvalue weighted by Gasteiger charge is 2.21. The van der Waals surface area contributed by atoms with E-state index in [4.69, 9.17) is 9.47 Å². The largest absolute Gasteiger partial charge is 0.492 e. The molecule has 1 aliphatic rings. The minimum atomic E-state index is -0.559. The van der Waals surface area contributed by atoms with Crippen LogP contribution in [0.2, 0.25) is 0 Å². The molecule has 2 amide bonds. The van der Waals surface area contributed by atoms with Gasteiger partial charge in [-0.1, -0.05) is 27.7 Å². The Kier molecular flexibility index (Phi) is 6.63. The lowest BCUT2D eigenvalue weighted by atomic mass is 10.1. The van der Waals surface area contributed by atoms with Gasteiger partial charge in [0.1, 0.15) is 11.4 Å². The normalized spacial score (nSPS) is 13.2. The van der Waals surface area contributed by atoms with E-state index in [2.05, 4.69) is 31.3 Å². The molecule has 0 bridgehead atoms. The molecule has 154 valence electrons. The van der Waals surface area contributed by atoms with Gasteiger partial charge in [-0.2, -0.15) is 14.8 Å². The van der Waals surface area contributed by atoms with E-state index in [1.807, 2.05) is 18.2 Å². The number of carbonyl (C=O) groups excluding carboxylic acids is 2. The van der Waals surface area contributed by atoms with Crippen LogP contribution in [-0.2, 0) is 11.2 Å². The molecule has 1 aromatic heterocycles. The molecule has 0 spiro atoms. The summed E-state index contributed by atoms with van der Waals surface area (Å²) >= 11 is 4.61. The average molecular weight is 481 g/mol. The molecular formula is C19H21BrN4O4S. The Morgan fingerprint density at radius 2 is 2.21 bits per heavy atom. The Bertz CT molecular complexity index is 952. The summed E-state index contributed by atoms with van der Waals surface area (Å²) in [5, 5.41) is 6.94. The number of aromatic nitrogens is 2. The molecule has 0 saturated heterocycles. The number of nitrogens with zero attached hydrogens (tertiary/aromatic N) is 3. The number of fused-ring (bicyclic) bond motifs is 3. The Morgan fingerprint density at radius 1 is 1.41 bits per heavy atom. The van der Waals surface area contributed by atoms with Gasteiger partial charge in [0.25, 0.3) is 0 Å². The first kappa shape index (κ1) is 21.4. The van der Waals surface area contributed by atoms with Gasteiger partial charge < -0.3 is 14.8 Å². The molecule has 0 radical (unpaired) electrons. The lowest BCUT2D eigenvalue weighted by Gasteiger charge is -2.19. The van der Waals surface area contributed by atoms with E-state index in [0.29, 0.717) is 13.0 Å². The highest BCUT2D eigenvalue weighted by Crippen LogP contribution is 2.36. The molecule has 2 aromatic rings. The standard InChI is InChI=1S/C19H21BrN4O4S/c1-19(2,3)28-18(26)22-11-29-10-21-17(25)24-9-14-13-5-4-12(20)8-16(13)27-7-6-15(14)23-24/h4-5,8-10H,6-7,11H2,1-3H3,(H,22,26). The topological polar surface area (TPSA) is 94.8 Å². The quantitative estimate of drug-likeness (QED) is 0.301. The number of ether oxygens (including phenoxy) is 2. The van der Waals surface area contributed by atoms with Crippen molar-refractivity contribution in [3.05, 3.63) is 34.6 Å². The first-order valence-electron chi connectivity index (χ1n) is 8.89. The van der Waals surface area contributed by atoms with E-state index in [0.717, 1.165) is 27.0 Å². The zero-order chi connectivity index (χ0) is 21.0. The first-order valence-corrected chi connectivity index (χ1v) is 10.7. The van der Waals surface area contributed by atoms with Gasteiger partial charge in [0, 0.05) is 28.2 Å². The number of nitrogens with one attached hydrogen (secondary N) is 1. The van der Waals surface area contributed by atoms with Crippen LogP contribution in [0.3, 0.4) is 0 Å². The van der Waals surface area contributed by atoms with Crippen LogP contribution in [0.25, 0.3) is 11.1 Å². The smallest absolute Gasteiger partial charge is 0.408 e. The van der Waals surface area contributed by atoms with Crippen LogP contribution in [0.15, 0.2) is 33.9 Å². The Labute approximate surface area is 181 Å². The first-order chi connectivity index (χ1) is 13.7. The molecule has 0 unspecified atom stereocenters. The summed E-state index contributed by atoms with van der Waals surface area (Å²) < 4.78 is 13.0. The Balaban J connectivity index is 1.61. The van der Waals surface area contributed by atoms with Crippen molar-refractivity contribution in [1.82, 2.24) is 15.1 Å². The van der Waals surface area contributed by atoms with Crippen molar-refractivity contribution in [3.8, 4) is 16.9 Å². The number of alkyl carbamates (subject to hydrolysis) is 1. The second-order valence-electron chi connectivity index (χ2n) is 7.18. The van der Waals surface area contributed by atoms with Crippen LogP contribution in [-0.4, -0.2) is 45.5 Å². The fourth-order valence-corrected chi connectivity index (χ4v) is 3.39. The van der Waals surface area contributed by atoms with E-state index in [1.165, 1.54) is 22.0 Å². The molecule has 8 nitrogen and oxygen atoms in total. The summed E-state index contributed by atoms with van der Waals surface area (Å²) in [4.78, 5) is 27.8. The second-order valence-corrected chi connectivity index (χ2v) is 8.93. The van der Waals surface area contributed by atoms with Gasteiger partial charge in [-0.05, 0) is 39.0 Å². The molecule has 10 heteroatoms. The second kappa shape index (κ2) is 9.00. The summed E-state index contributed by atoms with van der Waals surface area (Å²) in [5.74, 6) is 0.985. The highest BCUT2D eigenvalue weighted by molar-refractivity contribution is 9.10. The molecule has 1 aliphatic heterocycles. The summed E-state index contributed by atoms with van der Waals surface area (Å²) in [6.45, 7) is 5.84. The van der Waals surface area contributed by atoms with Crippen molar-refractivity contribution < 1.29 is 19.1 Å². The summed E-state index contributed by atoms with van der Waals surface area (Å²) in [7, 11) is 0. The Morgan fingerprint density at radius 3 is 2.97 bits per heavy atom. The third-order valence-corrected chi connectivity index (χ3v) is 4.81. The molecule has 1 aromatic carbocycles. The van der Waals surface area contributed by atoms with Crippen molar-refractivity contribution in [1.29, 1.82) is 0 Å². The summed E-state index contributed by atoms with van der Waals surface area (Å²) in [5.41, 5.74) is 3.35. The number of rotatable bonds is 3. The molecule has 0 aliphatic carbocycles. The van der Waals surface area contributed by atoms with E-state index >= 15 is 0 Å². The zero-order valence-electron chi connectivity index (χ0n) is 16.3. The number of thioether (sulfide) groups is 1. The number of amides is 2. The molecule has 0 fully saturated rings. The van der Waals surface area contributed by atoms with Crippen molar-refractivity contribution in [2.45, 2.75) is 32.8 Å². The Hall–Kier alpha value is -2.33. The highest BCUT2D eigenvalue weighted by atomic mass is 79.9. The minimum Gasteiger partial charge on any atom is -0.492 e. The molecule has 2 heterocycles. The molecule has 0 atom stereocenters. The molecule has 0 saturated carbocycles. The monoisotopic (exact) mass is 480 g/mol. The van der Waals surface area contributed by atoms with E-state index < -0.39 is 17.7 Å². The van der Waals surface area contributed by atoms with Crippen LogP contribution in [0.5, 0.6) is 5.75 Å². The van der Waals surface area contributed by atoms with E-state index in [-0.39, 0.29) is 5.88 Å². The molecule has 29 heavy (non-hydrogen) atoms. The third-order valence-electron chi connectivity index (χ3n) is 3.75. The van der Waals surface area contributed by atoms with Crippen LogP contribution >= 0.6 is 27.7 Å². The number of hydrogen-bond donors (Lipinski definition) is 1. The molecular weight excluding hydrogens is 460 g/mol. The van der Waals surface area contributed by atoms with E-state index in [9.17, 15) is 9.59 Å². The van der Waals surface area contributed by atoms with Crippen LogP contribution in [0.4, 0.5) is 9.59 Å². The predicted molar refractivity (Wildman–Crippen MR) is 116 cm³/mol. The average Bonchev–Trinajstić information content (AvgIpc) is 2.97. The number of benzene rings is 1. The number of halogens is 1. The van der Waals surface area contributed by atoms with Crippen LogP contribution < -0.4 is 10.1 Å². The molecule has 3 rings (SSSR count). The number of carbonyl (C=O) groups is 2. The van der Waals surface area contributed by atoms with Gasteiger partial charge in [0.05, 0.1) is 23.7 Å². The summed E-state index contributed by atoms with van der Waals surface area (Å²) in [6.07, 6.45) is 1.74. The van der Waals surface area contributed by atoms with Gasteiger partial charge in [-0.25, -0.2) is 9.59 Å². The van der Waals surface area contributed by atoms with Gasteiger partial charge >= 0.3 is 12.1 Å². The fraction of sp³-hybridized carbons (Fsp3) is 0.368. The number of aliphatic imine (C=N–C) groups is 1. The van der Waals surface area contributed by atoms with Crippen molar-refractivity contribution in [2.75, 3.05) is 12.5 Å². The van der Waals surface area contributed by atoms with E-state index in [1.54, 1.807) is 27.0 Å². The fourth-order valence-electron chi connectivity index (χ4n) is 2.61. The summed E-state index contributed by atoms with van der Waals surface area (Å²) in [6, 6.07) is 5.24. The van der Waals surface area contributed by atoms with Crippen molar-refractivity contribution >= 4 is 45.4 Å².